The van der Waals surface area contributed by atoms with Gasteiger partial charge in [-0.15, -0.1) is 0 Å². The van der Waals surface area contributed by atoms with Crippen molar-refractivity contribution in [2.24, 2.45) is 0 Å². The minimum absolute atomic E-state index is 0.228. The molecule has 1 aliphatic heterocycles. The van der Waals surface area contributed by atoms with Crippen LogP contribution in [0.25, 0.3) is 0 Å². The summed E-state index contributed by atoms with van der Waals surface area (Å²) in [4.78, 5) is 27.5. The van der Waals surface area contributed by atoms with E-state index in [-0.39, 0.29) is 11.7 Å². The maximum atomic E-state index is 11.9. The molecule has 1 saturated heterocycles. The third-order valence-electron chi connectivity index (χ3n) is 5.10. The number of aryl methyl sites for hydroxylation is 1. The summed E-state index contributed by atoms with van der Waals surface area (Å²) in [5.41, 5.74) is 2.92. The zero-order valence-electron chi connectivity index (χ0n) is 16.8. The molecule has 1 fully saturated rings. The van der Waals surface area contributed by atoms with Crippen LogP contribution in [0.1, 0.15) is 53.9 Å². The first-order chi connectivity index (χ1) is 12.9. The predicted molar refractivity (Wildman–Crippen MR) is 105 cm³/mol. The summed E-state index contributed by atoms with van der Waals surface area (Å²) in [5, 5.41) is 6.19. The van der Waals surface area contributed by atoms with Crippen LogP contribution in [0, 0.1) is 13.8 Å². The lowest BCUT2D eigenvalue weighted by Crippen LogP contribution is -2.33. The molecule has 0 aromatic carbocycles. The molecule has 1 aliphatic rings. The molecule has 1 amide bonds. The van der Waals surface area contributed by atoms with Crippen LogP contribution in [-0.2, 0) is 6.54 Å². The van der Waals surface area contributed by atoms with Crippen molar-refractivity contribution in [2.45, 2.75) is 52.7 Å². The van der Waals surface area contributed by atoms with Gasteiger partial charge in [-0.3, -0.25) is 4.79 Å². The van der Waals surface area contributed by atoms with Gasteiger partial charge >= 0.3 is 0 Å². The van der Waals surface area contributed by atoms with Crippen molar-refractivity contribution in [2.75, 3.05) is 25.0 Å². The van der Waals surface area contributed by atoms with E-state index in [1.54, 1.807) is 7.05 Å². The largest absolute Gasteiger partial charge is 0.355 e. The van der Waals surface area contributed by atoms with Crippen molar-refractivity contribution in [3.63, 3.8) is 0 Å². The summed E-state index contributed by atoms with van der Waals surface area (Å²) < 4.78 is 2.12. The lowest BCUT2D eigenvalue weighted by Gasteiger charge is -2.21. The lowest BCUT2D eigenvalue weighted by molar-refractivity contribution is 0.0952. The van der Waals surface area contributed by atoms with Crippen molar-refractivity contribution in [1.82, 2.24) is 30.2 Å². The summed E-state index contributed by atoms with van der Waals surface area (Å²) >= 11 is 0. The van der Waals surface area contributed by atoms with Gasteiger partial charge in [0.05, 0.1) is 12.0 Å². The number of anilines is 1. The van der Waals surface area contributed by atoms with Gasteiger partial charge in [0.1, 0.15) is 5.82 Å². The SMILES string of the molecule is CNC(=O)c1nc(C)c(C)c(N2CC[C@@H](NCc3cn(C(C)C)cn3)C2)n1. The molecule has 0 aliphatic carbocycles. The first kappa shape index (κ1) is 19.3. The molecular weight excluding hydrogens is 342 g/mol. The zero-order chi connectivity index (χ0) is 19.6. The van der Waals surface area contributed by atoms with Crippen molar-refractivity contribution in [3.05, 3.63) is 35.3 Å². The Balaban J connectivity index is 1.65. The van der Waals surface area contributed by atoms with Gasteiger partial charge in [0.2, 0.25) is 5.82 Å². The first-order valence-electron chi connectivity index (χ1n) is 9.47. The Hall–Kier alpha value is -2.48. The number of hydrogen-bond donors (Lipinski definition) is 2. The van der Waals surface area contributed by atoms with Gasteiger partial charge in [0, 0.05) is 56.2 Å². The average Bonchev–Trinajstić information content (AvgIpc) is 3.30. The Morgan fingerprint density at radius 3 is 2.78 bits per heavy atom. The Bertz CT molecular complexity index is 814. The average molecular weight is 371 g/mol. The van der Waals surface area contributed by atoms with Crippen LogP contribution in [0.2, 0.25) is 0 Å². The summed E-state index contributed by atoms with van der Waals surface area (Å²) in [5.74, 6) is 0.828. The topological polar surface area (TPSA) is 88.0 Å². The van der Waals surface area contributed by atoms with Crippen molar-refractivity contribution in [3.8, 4) is 0 Å². The fraction of sp³-hybridized carbons (Fsp3) is 0.579. The summed E-state index contributed by atoms with van der Waals surface area (Å²) in [7, 11) is 1.59. The van der Waals surface area contributed by atoms with E-state index >= 15 is 0 Å². The molecular formula is C19H29N7O. The van der Waals surface area contributed by atoms with E-state index < -0.39 is 0 Å². The van der Waals surface area contributed by atoms with E-state index in [9.17, 15) is 4.79 Å². The number of hydrogen-bond acceptors (Lipinski definition) is 6. The molecule has 27 heavy (non-hydrogen) atoms. The maximum absolute atomic E-state index is 11.9. The highest BCUT2D eigenvalue weighted by Crippen LogP contribution is 2.24. The van der Waals surface area contributed by atoms with Crippen molar-refractivity contribution >= 4 is 11.7 Å². The Labute approximate surface area is 160 Å². The Morgan fingerprint density at radius 2 is 2.11 bits per heavy atom. The number of nitrogens with zero attached hydrogens (tertiary/aromatic N) is 5. The number of imidazole rings is 1. The minimum atomic E-state index is -0.256. The van der Waals surface area contributed by atoms with Crippen LogP contribution in [0.4, 0.5) is 5.82 Å². The molecule has 3 rings (SSSR count). The van der Waals surface area contributed by atoms with E-state index in [4.69, 9.17) is 0 Å². The van der Waals surface area contributed by atoms with Gasteiger partial charge in [-0.2, -0.15) is 0 Å². The van der Waals surface area contributed by atoms with Gasteiger partial charge in [0.15, 0.2) is 0 Å². The first-order valence-corrected chi connectivity index (χ1v) is 9.47. The standard InChI is InChI=1S/C19H29N7O/c1-12(2)26-10-16(22-11-26)8-21-15-6-7-25(9-15)18-13(3)14(4)23-17(24-18)19(27)20-5/h10-12,15,21H,6-9H2,1-5H3,(H,20,27)/t15-/m1/s1. The molecule has 3 heterocycles. The number of carbonyl (C=O) groups excluding carboxylic acids is 1. The molecule has 8 heteroatoms. The smallest absolute Gasteiger partial charge is 0.288 e. The van der Waals surface area contributed by atoms with E-state index in [1.807, 2.05) is 20.2 Å². The number of carbonyl (C=O) groups is 1. The van der Waals surface area contributed by atoms with Crippen molar-refractivity contribution in [1.29, 1.82) is 0 Å². The van der Waals surface area contributed by atoms with Crippen LogP contribution < -0.4 is 15.5 Å². The zero-order valence-corrected chi connectivity index (χ0v) is 16.8. The van der Waals surface area contributed by atoms with E-state index in [0.29, 0.717) is 12.1 Å². The van der Waals surface area contributed by atoms with Crippen LogP contribution in [-0.4, -0.2) is 51.6 Å². The molecule has 2 aromatic heterocycles. The quantitative estimate of drug-likeness (QED) is 0.802. The van der Waals surface area contributed by atoms with Gasteiger partial charge in [-0.1, -0.05) is 0 Å². The van der Waals surface area contributed by atoms with Gasteiger partial charge < -0.3 is 20.1 Å². The highest BCUT2D eigenvalue weighted by Gasteiger charge is 2.26. The molecule has 1 atom stereocenters. The van der Waals surface area contributed by atoms with Gasteiger partial charge in [-0.25, -0.2) is 15.0 Å². The molecule has 0 saturated carbocycles. The molecule has 8 nitrogen and oxygen atoms in total. The van der Waals surface area contributed by atoms with E-state index in [0.717, 1.165) is 48.8 Å². The molecule has 2 N–H and O–H groups in total. The van der Waals surface area contributed by atoms with E-state index in [1.165, 1.54) is 0 Å². The monoisotopic (exact) mass is 371 g/mol. The minimum Gasteiger partial charge on any atom is -0.355 e. The Morgan fingerprint density at radius 1 is 1.33 bits per heavy atom. The number of amides is 1. The van der Waals surface area contributed by atoms with Gasteiger partial charge in [0.25, 0.3) is 5.91 Å². The van der Waals surface area contributed by atoms with Crippen LogP contribution >= 0.6 is 0 Å². The molecule has 0 bridgehead atoms. The summed E-state index contributed by atoms with van der Waals surface area (Å²) in [6.45, 7) is 10.7. The third kappa shape index (κ3) is 4.27. The normalized spacial score (nSPS) is 17.0. The van der Waals surface area contributed by atoms with Crippen molar-refractivity contribution < 1.29 is 4.79 Å². The second-order valence-electron chi connectivity index (χ2n) is 7.38. The molecule has 146 valence electrons. The number of rotatable bonds is 6. The molecule has 2 aromatic rings. The number of nitrogens with one attached hydrogen (secondary N) is 2. The molecule has 0 spiro atoms. The van der Waals surface area contributed by atoms with Crippen LogP contribution in [0.3, 0.4) is 0 Å². The fourth-order valence-electron chi connectivity index (χ4n) is 3.26. The van der Waals surface area contributed by atoms with Crippen LogP contribution in [0.5, 0.6) is 0 Å². The predicted octanol–water partition coefficient (Wildman–Crippen LogP) is 1.60. The molecule has 0 unspecified atom stereocenters. The highest BCUT2D eigenvalue weighted by molar-refractivity contribution is 5.90. The molecule has 0 radical (unpaired) electrons. The number of aromatic nitrogens is 4. The van der Waals surface area contributed by atoms with Crippen LogP contribution in [0.15, 0.2) is 12.5 Å². The second-order valence-corrected chi connectivity index (χ2v) is 7.38. The fourth-order valence-corrected chi connectivity index (χ4v) is 3.26. The maximum Gasteiger partial charge on any atom is 0.288 e. The van der Waals surface area contributed by atoms with E-state index in [2.05, 4.69) is 55.1 Å². The highest BCUT2D eigenvalue weighted by atomic mass is 16.2. The second kappa shape index (κ2) is 8.04. The Kier molecular flexibility index (Phi) is 5.74. The third-order valence-corrected chi connectivity index (χ3v) is 5.10. The summed E-state index contributed by atoms with van der Waals surface area (Å²) in [6.07, 6.45) is 5.01. The summed E-state index contributed by atoms with van der Waals surface area (Å²) in [6, 6.07) is 0.791. The van der Waals surface area contributed by atoms with Gasteiger partial charge in [-0.05, 0) is 34.1 Å². The lowest BCUT2D eigenvalue weighted by atomic mass is 10.2.